The van der Waals surface area contributed by atoms with E-state index in [4.69, 9.17) is 10.00 Å². The van der Waals surface area contributed by atoms with E-state index in [2.05, 4.69) is 18.3 Å². The third-order valence-electron chi connectivity index (χ3n) is 3.01. The van der Waals surface area contributed by atoms with Gasteiger partial charge in [0.05, 0.1) is 23.4 Å². The molecule has 0 radical (unpaired) electrons. The van der Waals surface area contributed by atoms with Gasteiger partial charge in [0.25, 0.3) is 0 Å². The van der Waals surface area contributed by atoms with Crippen LogP contribution >= 0.6 is 0 Å². The van der Waals surface area contributed by atoms with E-state index in [-0.39, 0.29) is 6.10 Å². The fourth-order valence-electron chi connectivity index (χ4n) is 2.00. The molecule has 1 N–H and O–H groups in total. The molecule has 0 amide bonds. The van der Waals surface area contributed by atoms with Crippen molar-refractivity contribution in [2.45, 2.75) is 32.4 Å². The molecule has 2 unspecified atom stereocenters. The van der Waals surface area contributed by atoms with Crippen molar-refractivity contribution in [1.29, 1.82) is 5.26 Å². The van der Waals surface area contributed by atoms with E-state index < -0.39 is 0 Å². The Hall–Kier alpha value is -1.53. The number of nitrogens with one attached hydrogen (secondary N) is 1. The highest BCUT2D eigenvalue weighted by atomic mass is 16.5. The number of nitriles is 1. The second-order valence-electron chi connectivity index (χ2n) is 4.28. The highest BCUT2D eigenvalue weighted by Crippen LogP contribution is 2.22. The molecule has 0 aliphatic carbocycles. The number of anilines is 1. The lowest BCUT2D eigenvalue weighted by Crippen LogP contribution is -2.27. The van der Waals surface area contributed by atoms with Gasteiger partial charge in [-0.2, -0.15) is 5.26 Å². The molecular formula is C13H16N2O. The van der Waals surface area contributed by atoms with E-state index in [0.29, 0.717) is 11.6 Å². The molecule has 1 aromatic carbocycles. The number of hydrogen-bond acceptors (Lipinski definition) is 3. The van der Waals surface area contributed by atoms with E-state index in [1.165, 1.54) is 0 Å². The first-order chi connectivity index (χ1) is 7.70. The Bertz CT molecular complexity index is 422. The van der Waals surface area contributed by atoms with Crippen molar-refractivity contribution in [1.82, 2.24) is 0 Å². The Morgan fingerprint density at radius 3 is 2.94 bits per heavy atom. The molecule has 2 rings (SSSR count). The number of ether oxygens (including phenoxy) is 1. The van der Waals surface area contributed by atoms with E-state index in [1.807, 2.05) is 25.1 Å². The lowest BCUT2D eigenvalue weighted by atomic mass is 10.1. The molecule has 1 aromatic rings. The quantitative estimate of drug-likeness (QED) is 0.826. The Morgan fingerprint density at radius 2 is 2.31 bits per heavy atom. The van der Waals surface area contributed by atoms with Gasteiger partial charge in [0.15, 0.2) is 0 Å². The maximum atomic E-state index is 9.06. The molecular weight excluding hydrogens is 200 g/mol. The molecule has 3 heteroatoms. The highest BCUT2D eigenvalue weighted by molar-refractivity contribution is 5.59. The summed E-state index contributed by atoms with van der Waals surface area (Å²) in [7, 11) is 0. The van der Waals surface area contributed by atoms with Crippen LogP contribution in [0.2, 0.25) is 0 Å². The maximum absolute atomic E-state index is 9.06. The van der Waals surface area contributed by atoms with E-state index in [9.17, 15) is 0 Å². The molecule has 0 bridgehead atoms. The molecule has 1 heterocycles. The first-order valence-electron chi connectivity index (χ1n) is 5.59. The highest BCUT2D eigenvalue weighted by Gasteiger charge is 2.24. The summed E-state index contributed by atoms with van der Waals surface area (Å²) < 4.78 is 5.49. The molecule has 1 aliphatic heterocycles. The second kappa shape index (κ2) is 4.54. The molecule has 3 nitrogen and oxygen atoms in total. The Balaban J connectivity index is 2.18. The van der Waals surface area contributed by atoms with Crippen LogP contribution in [-0.2, 0) is 4.74 Å². The van der Waals surface area contributed by atoms with Crippen LogP contribution in [0.15, 0.2) is 18.2 Å². The number of rotatable bonds is 2. The van der Waals surface area contributed by atoms with E-state index >= 15 is 0 Å². The van der Waals surface area contributed by atoms with Gasteiger partial charge in [-0.3, -0.25) is 0 Å². The van der Waals surface area contributed by atoms with Gasteiger partial charge >= 0.3 is 0 Å². The lowest BCUT2D eigenvalue weighted by molar-refractivity contribution is 0.121. The molecule has 1 aliphatic rings. The molecule has 2 atom stereocenters. The summed E-state index contributed by atoms with van der Waals surface area (Å²) in [6.45, 7) is 4.85. The first kappa shape index (κ1) is 11.0. The van der Waals surface area contributed by atoms with Gasteiger partial charge in [0, 0.05) is 6.61 Å². The van der Waals surface area contributed by atoms with Crippen molar-refractivity contribution in [2.75, 3.05) is 11.9 Å². The van der Waals surface area contributed by atoms with Crippen molar-refractivity contribution >= 4 is 5.69 Å². The molecule has 16 heavy (non-hydrogen) atoms. The van der Waals surface area contributed by atoms with Crippen molar-refractivity contribution in [3.63, 3.8) is 0 Å². The number of benzene rings is 1. The third kappa shape index (κ3) is 2.17. The van der Waals surface area contributed by atoms with Gasteiger partial charge in [-0.25, -0.2) is 0 Å². The fraction of sp³-hybridized carbons (Fsp3) is 0.462. The van der Waals surface area contributed by atoms with Crippen LogP contribution in [0.25, 0.3) is 0 Å². The largest absolute Gasteiger partial charge is 0.379 e. The zero-order valence-electron chi connectivity index (χ0n) is 9.66. The summed E-state index contributed by atoms with van der Waals surface area (Å²) in [5.74, 6) is 0. The molecule has 0 saturated carbocycles. The van der Waals surface area contributed by atoms with Crippen LogP contribution in [0, 0.1) is 18.3 Å². The maximum Gasteiger partial charge on any atom is 0.101 e. The Labute approximate surface area is 96.0 Å². The summed E-state index contributed by atoms with van der Waals surface area (Å²) in [5.41, 5.74) is 2.73. The van der Waals surface area contributed by atoms with Gasteiger partial charge < -0.3 is 10.1 Å². The van der Waals surface area contributed by atoms with Crippen molar-refractivity contribution < 1.29 is 4.74 Å². The third-order valence-corrected chi connectivity index (χ3v) is 3.01. The van der Waals surface area contributed by atoms with E-state index in [1.54, 1.807) is 0 Å². The average molecular weight is 216 g/mol. The minimum absolute atomic E-state index is 0.216. The molecule has 0 spiro atoms. The van der Waals surface area contributed by atoms with Crippen LogP contribution in [0.3, 0.4) is 0 Å². The normalized spacial score (nSPS) is 24.1. The predicted molar refractivity (Wildman–Crippen MR) is 63.3 cm³/mol. The molecule has 84 valence electrons. The van der Waals surface area contributed by atoms with Crippen LogP contribution < -0.4 is 5.32 Å². The molecule has 0 aromatic heterocycles. The summed E-state index contributed by atoms with van der Waals surface area (Å²) in [6, 6.07) is 8.43. The second-order valence-corrected chi connectivity index (χ2v) is 4.28. The number of aryl methyl sites for hydroxylation is 1. The minimum atomic E-state index is 0.216. The number of nitrogens with zero attached hydrogens (tertiary/aromatic N) is 1. The van der Waals surface area contributed by atoms with Crippen molar-refractivity contribution in [3.8, 4) is 6.07 Å². The van der Waals surface area contributed by atoms with Gasteiger partial charge in [0.1, 0.15) is 6.07 Å². The standard InChI is InChI=1S/C13H16N2O/c1-9-3-4-13(11(7-9)8-14)15-12-5-6-16-10(12)2/h3-4,7,10,12,15H,5-6H2,1-2H3. The van der Waals surface area contributed by atoms with Gasteiger partial charge in [-0.1, -0.05) is 6.07 Å². The summed E-state index contributed by atoms with van der Waals surface area (Å²) >= 11 is 0. The van der Waals surface area contributed by atoms with Crippen molar-refractivity contribution in [2.24, 2.45) is 0 Å². The minimum Gasteiger partial charge on any atom is -0.379 e. The van der Waals surface area contributed by atoms with Crippen molar-refractivity contribution in [3.05, 3.63) is 29.3 Å². The fourth-order valence-corrected chi connectivity index (χ4v) is 2.00. The summed E-state index contributed by atoms with van der Waals surface area (Å²) in [4.78, 5) is 0. The van der Waals surface area contributed by atoms with Crippen LogP contribution in [0.1, 0.15) is 24.5 Å². The topological polar surface area (TPSA) is 45.0 Å². The molecule has 1 saturated heterocycles. The van der Waals surface area contributed by atoms with Crippen LogP contribution in [0.4, 0.5) is 5.69 Å². The average Bonchev–Trinajstić information content (AvgIpc) is 2.67. The van der Waals surface area contributed by atoms with Gasteiger partial charge in [0.2, 0.25) is 0 Å². The zero-order chi connectivity index (χ0) is 11.5. The SMILES string of the molecule is Cc1ccc(NC2CCOC2C)c(C#N)c1. The van der Waals surface area contributed by atoms with Gasteiger partial charge in [-0.05, 0) is 38.0 Å². The van der Waals surface area contributed by atoms with Gasteiger partial charge in [-0.15, -0.1) is 0 Å². The first-order valence-corrected chi connectivity index (χ1v) is 5.59. The molecule has 1 fully saturated rings. The predicted octanol–water partition coefficient (Wildman–Crippen LogP) is 2.46. The van der Waals surface area contributed by atoms with E-state index in [0.717, 1.165) is 24.3 Å². The Morgan fingerprint density at radius 1 is 1.50 bits per heavy atom. The summed E-state index contributed by atoms with van der Waals surface area (Å²) in [6.07, 6.45) is 1.22. The Kier molecular flexibility index (Phi) is 3.12. The van der Waals surface area contributed by atoms with Crippen LogP contribution in [0.5, 0.6) is 0 Å². The summed E-state index contributed by atoms with van der Waals surface area (Å²) in [5, 5.41) is 12.5. The zero-order valence-corrected chi connectivity index (χ0v) is 9.66. The smallest absolute Gasteiger partial charge is 0.101 e. The lowest BCUT2D eigenvalue weighted by Gasteiger charge is -2.18. The number of hydrogen-bond donors (Lipinski definition) is 1. The monoisotopic (exact) mass is 216 g/mol. The van der Waals surface area contributed by atoms with Crippen LogP contribution in [-0.4, -0.2) is 18.8 Å².